The highest BCUT2D eigenvalue weighted by atomic mass is 16.3. The number of hydrogen-bond acceptors (Lipinski definition) is 3. The van der Waals surface area contributed by atoms with Gasteiger partial charge in [-0.15, -0.1) is 0 Å². The molecule has 1 aliphatic carbocycles. The zero-order valence-electron chi connectivity index (χ0n) is 11.4. The van der Waals surface area contributed by atoms with E-state index < -0.39 is 5.60 Å². The minimum absolute atomic E-state index is 0.205. The van der Waals surface area contributed by atoms with E-state index in [1.54, 1.807) is 0 Å². The summed E-state index contributed by atoms with van der Waals surface area (Å²) in [6.45, 7) is 2.73. The summed E-state index contributed by atoms with van der Waals surface area (Å²) < 4.78 is 0. The molecule has 3 rings (SSSR count). The predicted molar refractivity (Wildman–Crippen MR) is 77.3 cm³/mol. The van der Waals surface area contributed by atoms with Gasteiger partial charge >= 0.3 is 0 Å². The van der Waals surface area contributed by atoms with Crippen molar-refractivity contribution in [3.63, 3.8) is 0 Å². The van der Waals surface area contributed by atoms with E-state index in [0.29, 0.717) is 6.04 Å². The first kappa shape index (κ1) is 13.1. The van der Waals surface area contributed by atoms with E-state index in [4.69, 9.17) is 0 Å². The first-order chi connectivity index (χ1) is 9.28. The second-order valence-electron chi connectivity index (χ2n) is 6.00. The molecule has 2 fully saturated rings. The third-order valence-corrected chi connectivity index (χ3v) is 4.51. The molecule has 1 aromatic rings. The van der Waals surface area contributed by atoms with Crippen molar-refractivity contribution in [1.82, 2.24) is 10.6 Å². The van der Waals surface area contributed by atoms with E-state index in [9.17, 15) is 5.11 Å². The first-order valence-corrected chi connectivity index (χ1v) is 7.49. The molecule has 3 N–H and O–H groups in total. The Balaban J connectivity index is 1.77. The molecular formula is C16H24N2O. The summed E-state index contributed by atoms with van der Waals surface area (Å²) in [6, 6.07) is 11.2. The van der Waals surface area contributed by atoms with Crippen molar-refractivity contribution in [3.05, 3.63) is 35.9 Å². The van der Waals surface area contributed by atoms with Gasteiger partial charge in [0.15, 0.2) is 0 Å². The van der Waals surface area contributed by atoms with Gasteiger partial charge in [0.1, 0.15) is 0 Å². The van der Waals surface area contributed by atoms with Gasteiger partial charge in [0, 0.05) is 18.5 Å². The van der Waals surface area contributed by atoms with E-state index in [2.05, 4.69) is 34.9 Å². The molecule has 1 heterocycles. The molecule has 0 bridgehead atoms. The van der Waals surface area contributed by atoms with Gasteiger partial charge in [-0.25, -0.2) is 0 Å². The second kappa shape index (κ2) is 5.61. The quantitative estimate of drug-likeness (QED) is 0.754. The van der Waals surface area contributed by atoms with Crippen molar-refractivity contribution in [2.24, 2.45) is 0 Å². The molecule has 0 radical (unpaired) electrons. The molecule has 1 saturated carbocycles. The van der Waals surface area contributed by atoms with E-state index in [-0.39, 0.29) is 5.92 Å². The van der Waals surface area contributed by atoms with Gasteiger partial charge in [0.25, 0.3) is 0 Å². The van der Waals surface area contributed by atoms with Crippen LogP contribution in [-0.2, 0) is 0 Å². The first-order valence-electron chi connectivity index (χ1n) is 7.49. The molecule has 1 atom stereocenters. The molecule has 1 unspecified atom stereocenters. The van der Waals surface area contributed by atoms with Crippen LogP contribution in [0.4, 0.5) is 0 Å². The molecule has 104 valence electrons. The average Bonchev–Trinajstić information content (AvgIpc) is 3.25. The van der Waals surface area contributed by atoms with Crippen molar-refractivity contribution < 1.29 is 5.11 Å². The normalized spacial score (nSPS) is 24.1. The van der Waals surface area contributed by atoms with Crippen LogP contribution >= 0.6 is 0 Å². The fraction of sp³-hybridized carbons (Fsp3) is 0.625. The van der Waals surface area contributed by atoms with Crippen molar-refractivity contribution in [2.45, 2.75) is 43.2 Å². The van der Waals surface area contributed by atoms with E-state index in [0.717, 1.165) is 32.5 Å². The van der Waals surface area contributed by atoms with Crippen LogP contribution in [0.25, 0.3) is 0 Å². The number of benzene rings is 1. The summed E-state index contributed by atoms with van der Waals surface area (Å²) in [5.41, 5.74) is 0.703. The summed E-state index contributed by atoms with van der Waals surface area (Å²) in [5.74, 6) is 0.205. The summed E-state index contributed by atoms with van der Waals surface area (Å²) in [4.78, 5) is 0. The van der Waals surface area contributed by atoms with Crippen LogP contribution in [-0.4, -0.2) is 36.4 Å². The molecule has 0 spiro atoms. The van der Waals surface area contributed by atoms with Gasteiger partial charge in [0.05, 0.1) is 5.60 Å². The molecule has 0 amide bonds. The molecule has 19 heavy (non-hydrogen) atoms. The van der Waals surface area contributed by atoms with Crippen molar-refractivity contribution >= 4 is 0 Å². The zero-order valence-corrected chi connectivity index (χ0v) is 11.4. The Labute approximate surface area is 115 Å². The predicted octanol–water partition coefficient (Wildman–Crippen LogP) is 1.64. The van der Waals surface area contributed by atoms with Gasteiger partial charge in [-0.3, -0.25) is 0 Å². The second-order valence-corrected chi connectivity index (χ2v) is 6.00. The third-order valence-electron chi connectivity index (χ3n) is 4.51. The molecule has 3 heteroatoms. The minimum atomic E-state index is -0.561. The Hall–Kier alpha value is -0.900. The van der Waals surface area contributed by atoms with Crippen LogP contribution in [0, 0.1) is 0 Å². The number of nitrogens with one attached hydrogen (secondary N) is 2. The minimum Gasteiger partial charge on any atom is -0.389 e. The molecule has 2 aliphatic rings. The maximum Gasteiger partial charge on any atom is 0.0752 e. The highest BCUT2D eigenvalue weighted by molar-refractivity contribution is 5.24. The number of piperidine rings is 1. The van der Waals surface area contributed by atoms with Crippen LogP contribution < -0.4 is 10.6 Å². The smallest absolute Gasteiger partial charge is 0.0752 e. The van der Waals surface area contributed by atoms with Gasteiger partial charge in [-0.2, -0.15) is 0 Å². The molecule has 1 saturated heterocycles. The fourth-order valence-corrected chi connectivity index (χ4v) is 3.08. The maximum absolute atomic E-state index is 11.0. The lowest BCUT2D eigenvalue weighted by molar-refractivity contribution is -0.0157. The monoisotopic (exact) mass is 260 g/mol. The lowest BCUT2D eigenvalue weighted by Gasteiger charge is -2.40. The van der Waals surface area contributed by atoms with Crippen LogP contribution in [0.15, 0.2) is 30.3 Å². The molecular weight excluding hydrogens is 236 g/mol. The van der Waals surface area contributed by atoms with Crippen molar-refractivity contribution in [3.8, 4) is 0 Å². The summed E-state index contributed by atoms with van der Waals surface area (Å²) >= 11 is 0. The third kappa shape index (κ3) is 3.16. The van der Waals surface area contributed by atoms with E-state index in [1.807, 2.05) is 6.07 Å². The molecule has 1 aliphatic heterocycles. The van der Waals surface area contributed by atoms with Gasteiger partial charge in [-0.1, -0.05) is 30.3 Å². The van der Waals surface area contributed by atoms with Crippen molar-refractivity contribution in [2.75, 3.05) is 19.6 Å². The zero-order chi connectivity index (χ0) is 13.1. The standard InChI is InChI=1S/C16H24N2O/c19-16(8-10-17-11-9-16)15(12-18-14-6-7-14)13-4-2-1-3-5-13/h1-5,14-15,17-19H,6-12H2. The number of rotatable bonds is 5. The van der Waals surface area contributed by atoms with Crippen LogP contribution in [0.3, 0.4) is 0 Å². The molecule has 1 aromatic carbocycles. The SMILES string of the molecule is OC1(C(CNC2CC2)c2ccccc2)CCNCC1. The van der Waals surface area contributed by atoms with Gasteiger partial charge < -0.3 is 15.7 Å². The fourth-order valence-electron chi connectivity index (χ4n) is 3.08. The van der Waals surface area contributed by atoms with Gasteiger partial charge in [0.2, 0.25) is 0 Å². The van der Waals surface area contributed by atoms with Crippen LogP contribution in [0.1, 0.15) is 37.2 Å². The summed E-state index contributed by atoms with van der Waals surface area (Å²) in [7, 11) is 0. The lowest BCUT2D eigenvalue weighted by atomic mass is 9.76. The Morgan fingerprint density at radius 1 is 1.21 bits per heavy atom. The van der Waals surface area contributed by atoms with Crippen molar-refractivity contribution in [1.29, 1.82) is 0 Å². The number of hydrogen-bond donors (Lipinski definition) is 3. The van der Waals surface area contributed by atoms with Crippen LogP contribution in [0.2, 0.25) is 0 Å². The highest BCUT2D eigenvalue weighted by Crippen LogP contribution is 2.35. The Kier molecular flexibility index (Phi) is 3.87. The molecule has 3 nitrogen and oxygen atoms in total. The van der Waals surface area contributed by atoms with Crippen LogP contribution in [0.5, 0.6) is 0 Å². The summed E-state index contributed by atoms with van der Waals surface area (Å²) in [6.07, 6.45) is 4.28. The van der Waals surface area contributed by atoms with Gasteiger partial charge in [-0.05, 0) is 44.3 Å². The Morgan fingerprint density at radius 2 is 1.89 bits per heavy atom. The average molecular weight is 260 g/mol. The lowest BCUT2D eigenvalue weighted by Crippen LogP contribution is -2.49. The Bertz CT molecular complexity index is 396. The van der Waals surface area contributed by atoms with E-state index in [1.165, 1.54) is 18.4 Å². The Morgan fingerprint density at radius 3 is 2.53 bits per heavy atom. The molecule has 0 aromatic heterocycles. The topological polar surface area (TPSA) is 44.3 Å². The number of aliphatic hydroxyl groups is 1. The summed E-state index contributed by atoms with van der Waals surface area (Å²) in [5, 5.41) is 18.0. The largest absolute Gasteiger partial charge is 0.389 e. The highest BCUT2D eigenvalue weighted by Gasteiger charge is 2.39. The van der Waals surface area contributed by atoms with E-state index >= 15 is 0 Å². The maximum atomic E-state index is 11.0.